The van der Waals surface area contributed by atoms with Gasteiger partial charge in [-0.2, -0.15) is 0 Å². The average Bonchev–Trinajstić information content (AvgIpc) is 2.59. The van der Waals surface area contributed by atoms with Crippen molar-refractivity contribution in [2.75, 3.05) is 13.1 Å². The molecule has 0 amide bonds. The molecule has 1 heterocycles. The van der Waals surface area contributed by atoms with E-state index in [4.69, 9.17) is 5.11 Å². The lowest BCUT2D eigenvalue weighted by Gasteiger charge is -2.42. The quantitative estimate of drug-likeness (QED) is 0.622. The van der Waals surface area contributed by atoms with Crippen LogP contribution in [0.5, 0.6) is 0 Å². The molecule has 0 aromatic carbocycles. The number of carbonyl (C=O) groups is 1. The number of carboxylic acid groups (broad SMARTS) is 1. The first kappa shape index (κ1) is 7.10. The van der Waals surface area contributed by atoms with Crippen LogP contribution >= 0.6 is 0 Å². The van der Waals surface area contributed by atoms with E-state index in [0.29, 0.717) is 12.3 Å². The summed E-state index contributed by atoms with van der Waals surface area (Å²) in [6, 6.07) is 0. The largest absolute Gasteiger partial charge is 0.481 e. The number of carboxylic acids is 1. The highest BCUT2D eigenvalue weighted by Crippen LogP contribution is 2.49. The van der Waals surface area contributed by atoms with Crippen LogP contribution in [0.4, 0.5) is 0 Å². The van der Waals surface area contributed by atoms with Gasteiger partial charge in [-0.25, -0.2) is 0 Å². The van der Waals surface area contributed by atoms with E-state index in [1.807, 2.05) is 0 Å². The lowest BCUT2D eigenvalue weighted by atomic mass is 9.74. The summed E-state index contributed by atoms with van der Waals surface area (Å²) in [6.07, 6.45) is 2.86. The standard InChI is InChI=1S/C8H13NO2/c10-7(11)3-8(4-9-5-8)6-1-2-6/h6,9H,1-5H2,(H,10,11). The smallest absolute Gasteiger partial charge is 0.304 e. The SMILES string of the molecule is O=C(O)CC1(C2CC2)CNC1. The van der Waals surface area contributed by atoms with Gasteiger partial charge in [0.1, 0.15) is 0 Å². The predicted molar refractivity (Wildman–Crippen MR) is 40.3 cm³/mol. The van der Waals surface area contributed by atoms with E-state index < -0.39 is 5.97 Å². The minimum atomic E-state index is -0.640. The highest BCUT2D eigenvalue weighted by atomic mass is 16.4. The van der Waals surface area contributed by atoms with Gasteiger partial charge in [0.15, 0.2) is 0 Å². The van der Waals surface area contributed by atoms with Crippen LogP contribution in [0.15, 0.2) is 0 Å². The van der Waals surface area contributed by atoms with E-state index >= 15 is 0 Å². The van der Waals surface area contributed by atoms with Gasteiger partial charge in [0.2, 0.25) is 0 Å². The molecule has 1 aliphatic carbocycles. The molecule has 0 spiro atoms. The van der Waals surface area contributed by atoms with Crippen molar-refractivity contribution in [3.05, 3.63) is 0 Å². The maximum atomic E-state index is 10.5. The highest BCUT2D eigenvalue weighted by Gasteiger charge is 2.50. The maximum Gasteiger partial charge on any atom is 0.304 e. The number of hydrogen-bond acceptors (Lipinski definition) is 2. The van der Waals surface area contributed by atoms with E-state index in [9.17, 15) is 4.79 Å². The summed E-state index contributed by atoms with van der Waals surface area (Å²) in [5, 5.41) is 11.8. The van der Waals surface area contributed by atoms with Crippen molar-refractivity contribution < 1.29 is 9.90 Å². The zero-order valence-corrected chi connectivity index (χ0v) is 6.47. The third-order valence-electron chi connectivity index (χ3n) is 2.90. The topological polar surface area (TPSA) is 49.3 Å². The first-order chi connectivity index (χ1) is 5.23. The van der Waals surface area contributed by atoms with Crippen LogP contribution in [0.2, 0.25) is 0 Å². The van der Waals surface area contributed by atoms with E-state index in [1.54, 1.807) is 0 Å². The molecule has 0 atom stereocenters. The summed E-state index contributed by atoms with van der Waals surface area (Å²) >= 11 is 0. The molecule has 0 radical (unpaired) electrons. The van der Waals surface area contributed by atoms with Crippen molar-refractivity contribution in [2.24, 2.45) is 11.3 Å². The van der Waals surface area contributed by atoms with Gasteiger partial charge in [-0.3, -0.25) is 4.79 Å². The Labute approximate surface area is 65.8 Å². The van der Waals surface area contributed by atoms with Crippen LogP contribution in [-0.2, 0) is 4.79 Å². The number of hydrogen-bond donors (Lipinski definition) is 2. The summed E-state index contributed by atoms with van der Waals surface area (Å²) in [6.45, 7) is 1.84. The minimum Gasteiger partial charge on any atom is -0.481 e. The van der Waals surface area contributed by atoms with Crippen molar-refractivity contribution in [1.29, 1.82) is 0 Å². The Morgan fingerprint density at radius 3 is 2.45 bits per heavy atom. The molecule has 2 fully saturated rings. The Morgan fingerprint density at radius 1 is 1.55 bits per heavy atom. The van der Waals surface area contributed by atoms with Gasteiger partial charge >= 0.3 is 5.97 Å². The Balaban J connectivity index is 1.98. The summed E-state index contributed by atoms with van der Waals surface area (Å²) in [5.41, 5.74) is 0.145. The highest BCUT2D eigenvalue weighted by molar-refractivity contribution is 5.68. The van der Waals surface area contributed by atoms with Gasteiger partial charge in [-0.15, -0.1) is 0 Å². The van der Waals surface area contributed by atoms with Crippen LogP contribution in [0.3, 0.4) is 0 Å². The van der Waals surface area contributed by atoms with Gasteiger partial charge < -0.3 is 10.4 Å². The molecule has 0 bridgehead atoms. The lowest BCUT2D eigenvalue weighted by molar-refractivity contribution is -0.141. The van der Waals surface area contributed by atoms with Gasteiger partial charge in [0, 0.05) is 18.5 Å². The molecule has 2 rings (SSSR count). The summed E-state index contributed by atoms with van der Waals surface area (Å²) in [4.78, 5) is 10.5. The Hall–Kier alpha value is -0.570. The Kier molecular flexibility index (Phi) is 1.42. The van der Waals surface area contributed by atoms with Crippen LogP contribution in [-0.4, -0.2) is 24.2 Å². The maximum absolute atomic E-state index is 10.5. The summed E-state index contributed by atoms with van der Waals surface area (Å²) in [7, 11) is 0. The molecule has 3 heteroatoms. The third-order valence-corrected chi connectivity index (χ3v) is 2.90. The zero-order valence-electron chi connectivity index (χ0n) is 6.47. The van der Waals surface area contributed by atoms with Gasteiger partial charge in [-0.05, 0) is 18.8 Å². The molecule has 0 aromatic heterocycles. The van der Waals surface area contributed by atoms with Gasteiger partial charge in [0.25, 0.3) is 0 Å². The van der Waals surface area contributed by atoms with Gasteiger partial charge in [-0.1, -0.05) is 0 Å². The number of nitrogens with one attached hydrogen (secondary N) is 1. The Morgan fingerprint density at radius 2 is 2.18 bits per heavy atom. The van der Waals surface area contributed by atoms with Crippen LogP contribution in [0, 0.1) is 11.3 Å². The number of rotatable bonds is 3. The first-order valence-corrected chi connectivity index (χ1v) is 4.15. The van der Waals surface area contributed by atoms with Crippen molar-refractivity contribution in [3.63, 3.8) is 0 Å². The third kappa shape index (κ3) is 1.13. The second-order valence-corrected chi connectivity index (χ2v) is 3.81. The molecular formula is C8H13NO2. The van der Waals surface area contributed by atoms with Crippen LogP contribution < -0.4 is 5.32 Å². The first-order valence-electron chi connectivity index (χ1n) is 4.15. The van der Waals surface area contributed by atoms with Crippen molar-refractivity contribution in [2.45, 2.75) is 19.3 Å². The molecule has 11 heavy (non-hydrogen) atoms. The monoisotopic (exact) mass is 155 g/mol. The molecular weight excluding hydrogens is 142 g/mol. The summed E-state index contributed by atoms with van der Waals surface area (Å²) < 4.78 is 0. The molecule has 1 saturated carbocycles. The molecule has 3 nitrogen and oxygen atoms in total. The van der Waals surface area contributed by atoms with E-state index in [2.05, 4.69) is 5.32 Å². The zero-order chi connectivity index (χ0) is 7.90. The van der Waals surface area contributed by atoms with Gasteiger partial charge in [0.05, 0.1) is 6.42 Å². The summed E-state index contributed by atoms with van der Waals surface area (Å²) in [5.74, 6) is 0.0678. The van der Waals surface area contributed by atoms with Crippen LogP contribution in [0.25, 0.3) is 0 Å². The van der Waals surface area contributed by atoms with E-state index in [1.165, 1.54) is 12.8 Å². The molecule has 62 valence electrons. The molecule has 1 saturated heterocycles. The second kappa shape index (κ2) is 2.21. The second-order valence-electron chi connectivity index (χ2n) is 3.81. The minimum absolute atomic E-state index is 0.145. The fourth-order valence-corrected chi connectivity index (χ4v) is 2.00. The lowest BCUT2D eigenvalue weighted by Crippen LogP contribution is -2.55. The average molecular weight is 155 g/mol. The molecule has 0 unspecified atom stereocenters. The molecule has 1 aliphatic heterocycles. The molecule has 2 N–H and O–H groups in total. The van der Waals surface area contributed by atoms with Crippen molar-refractivity contribution in [1.82, 2.24) is 5.32 Å². The normalized spacial score (nSPS) is 27.6. The fraction of sp³-hybridized carbons (Fsp3) is 0.875. The van der Waals surface area contributed by atoms with E-state index in [0.717, 1.165) is 13.1 Å². The molecule has 0 aromatic rings. The predicted octanol–water partition coefficient (Wildman–Crippen LogP) is 0.461. The Bertz CT molecular complexity index is 183. The fourth-order valence-electron chi connectivity index (χ4n) is 2.00. The molecule has 2 aliphatic rings. The van der Waals surface area contributed by atoms with Crippen molar-refractivity contribution in [3.8, 4) is 0 Å². The van der Waals surface area contributed by atoms with Crippen molar-refractivity contribution >= 4 is 5.97 Å². The van der Waals surface area contributed by atoms with Crippen LogP contribution in [0.1, 0.15) is 19.3 Å². The van der Waals surface area contributed by atoms with E-state index in [-0.39, 0.29) is 5.41 Å². The number of aliphatic carboxylic acids is 1.